The summed E-state index contributed by atoms with van der Waals surface area (Å²) in [5.41, 5.74) is 0. The number of thiophene rings is 1. The summed E-state index contributed by atoms with van der Waals surface area (Å²) < 4.78 is 23.3. The number of halogens is 1. The molecule has 5 nitrogen and oxygen atoms in total. The molecule has 134 valence electrons. The molecule has 0 aliphatic heterocycles. The molecule has 1 N–H and O–H groups in total. The van der Waals surface area contributed by atoms with Gasteiger partial charge in [0.25, 0.3) is 5.91 Å². The molecule has 2 rings (SSSR count). The van der Waals surface area contributed by atoms with Crippen molar-refractivity contribution in [1.82, 2.24) is 5.32 Å². The van der Waals surface area contributed by atoms with E-state index in [-0.39, 0.29) is 30.9 Å². The molecule has 1 amide bonds. The fraction of sp³-hybridized carbons (Fsp3) is 0.333. The molecule has 7 heteroatoms. The van der Waals surface area contributed by atoms with Gasteiger partial charge in [-0.15, -0.1) is 11.3 Å². The summed E-state index contributed by atoms with van der Waals surface area (Å²) in [5.74, 6) is -0.783. The first-order valence-corrected chi connectivity index (χ1v) is 8.74. The third-order valence-electron chi connectivity index (χ3n) is 3.36. The number of carbonyl (C=O) groups excluding carboxylic acids is 2. The van der Waals surface area contributed by atoms with Crippen LogP contribution >= 0.6 is 11.3 Å². The van der Waals surface area contributed by atoms with Crippen molar-refractivity contribution in [2.75, 3.05) is 13.2 Å². The highest BCUT2D eigenvalue weighted by atomic mass is 32.1. The molecule has 0 radical (unpaired) electrons. The SMILES string of the molecule is CC(C)[C@H](NC(=O)c1cccs1)C(=O)OCCOc1ccc(F)cc1. The molecular formula is C18H20FNO4S. The average Bonchev–Trinajstić information content (AvgIpc) is 3.12. The van der Waals surface area contributed by atoms with Gasteiger partial charge < -0.3 is 14.8 Å². The monoisotopic (exact) mass is 365 g/mol. The Morgan fingerprint density at radius 3 is 2.48 bits per heavy atom. The van der Waals surface area contributed by atoms with Crippen molar-refractivity contribution in [3.05, 3.63) is 52.5 Å². The van der Waals surface area contributed by atoms with Crippen molar-refractivity contribution in [1.29, 1.82) is 0 Å². The maximum Gasteiger partial charge on any atom is 0.329 e. The number of esters is 1. The van der Waals surface area contributed by atoms with Crippen molar-refractivity contribution in [3.63, 3.8) is 0 Å². The molecule has 0 fully saturated rings. The highest BCUT2D eigenvalue weighted by molar-refractivity contribution is 7.12. The van der Waals surface area contributed by atoms with Gasteiger partial charge in [-0.05, 0) is 41.6 Å². The van der Waals surface area contributed by atoms with Crippen LogP contribution < -0.4 is 10.1 Å². The number of hydrogen-bond donors (Lipinski definition) is 1. The van der Waals surface area contributed by atoms with E-state index in [0.29, 0.717) is 10.6 Å². The van der Waals surface area contributed by atoms with Gasteiger partial charge in [0, 0.05) is 0 Å². The molecule has 0 saturated carbocycles. The van der Waals surface area contributed by atoms with Crippen LogP contribution in [0.1, 0.15) is 23.5 Å². The number of benzene rings is 1. The summed E-state index contributed by atoms with van der Waals surface area (Å²) in [4.78, 5) is 24.9. The van der Waals surface area contributed by atoms with E-state index in [2.05, 4.69) is 5.32 Å². The molecule has 0 aliphatic rings. The lowest BCUT2D eigenvalue weighted by atomic mass is 10.0. The van der Waals surface area contributed by atoms with E-state index < -0.39 is 12.0 Å². The van der Waals surface area contributed by atoms with Crippen LogP contribution in [0.15, 0.2) is 41.8 Å². The second-order valence-corrected chi connectivity index (χ2v) is 6.59. The van der Waals surface area contributed by atoms with Gasteiger partial charge >= 0.3 is 5.97 Å². The number of nitrogens with one attached hydrogen (secondary N) is 1. The summed E-state index contributed by atoms with van der Waals surface area (Å²) >= 11 is 1.31. The lowest BCUT2D eigenvalue weighted by molar-refractivity contribution is -0.147. The van der Waals surface area contributed by atoms with Crippen LogP contribution in [-0.4, -0.2) is 31.1 Å². The van der Waals surface area contributed by atoms with E-state index in [0.717, 1.165) is 0 Å². The maximum absolute atomic E-state index is 12.8. The van der Waals surface area contributed by atoms with Crippen molar-refractivity contribution in [2.24, 2.45) is 5.92 Å². The molecule has 0 aliphatic carbocycles. The predicted octanol–water partition coefficient (Wildman–Crippen LogP) is 3.26. The average molecular weight is 365 g/mol. The van der Waals surface area contributed by atoms with Crippen LogP contribution in [0.4, 0.5) is 4.39 Å². The summed E-state index contributed by atoms with van der Waals surface area (Å²) in [7, 11) is 0. The Bertz CT molecular complexity index is 686. The minimum atomic E-state index is -0.736. The van der Waals surface area contributed by atoms with Crippen LogP contribution in [0.5, 0.6) is 5.75 Å². The van der Waals surface area contributed by atoms with Crippen LogP contribution in [0.25, 0.3) is 0 Å². The van der Waals surface area contributed by atoms with Gasteiger partial charge in [0.1, 0.15) is 30.8 Å². The van der Waals surface area contributed by atoms with Crippen molar-refractivity contribution < 1.29 is 23.5 Å². The zero-order valence-electron chi connectivity index (χ0n) is 14.0. The Kier molecular flexibility index (Phi) is 6.94. The minimum absolute atomic E-state index is 0.0360. The number of amides is 1. The fourth-order valence-electron chi connectivity index (χ4n) is 2.04. The molecule has 0 spiro atoms. The van der Waals surface area contributed by atoms with Gasteiger partial charge in [-0.2, -0.15) is 0 Å². The standard InChI is InChI=1S/C18H20FNO4S/c1-12(2)16(20-17(21)15-4-3-11-25-15)18(22)24-10-9-23-14-7-5-13(19)6-8-14/h3-8,11-12,16H,9-10H2,1-2H3,(H,20,21)/t16-/m0/s1. The van der Waals surface area contributed by atoms with E-state index in [1.54, 1.807) is 17.5 Å². The van der Waals surface area contributed by atoms with Gasteiger partial charge in [-0.3, -0.25) is 4.79 Å². The lowest BCUT2D eigenvalue weighted by Gasteiger charge is -2.20. The number of carbonyl (C=O) groups is 2. The molecule has 0 saturated heterocycles. The Morgan fingerprint density at radius 2 is 1.88 bits per heavy atom. The van der Waals surface area contributed by atoms with Gasteiger partial charge in [0.15, 0.2) is 0 Å². The zero-order chi connectivity index (χ0) is 18.2. The molecule has 1 heterocycles. The van der Waals surface area contributed by atoms with E-state index in [1.165, 1.54) is 35.6 Å². The normalized spacial score (nSPS) is 11.8. The Balaban J connectivity index is 1.79. The van der Waals surface area contributed by atoms with Crippen LogP contribution in [0, 0.1) is 11.7 Å². The minimum Gasteiger partial charge on any atom is -0.490 e. The van der Waals surface area contributed by atoms with E-state index in [1.807, 2.05) is 13.8 Å². The van der Waals surface area contributed by atoms with E-state index >= 15 is 0 Å². The van der Waals surface area contributed by atoms with Gasteiger partial charge in [-0.1, -0.05) is 19.9 Å². The molecule has 2 aromatic rings. The second kappa shape index (κ2) is 9.17. The van der Waals surface area contributed by atoms with Crippen molar-refractivity contribution in [2.45, 2.75) is 19.9 Å². The summed E-state index contributed by atoms with van der Waals surface area (Å²) in [5, 5.41) is 4.49. The first-order chi connectivity index (χ1) is 12.0. The lowest BCUT2D eigenvalue weighted by Crippen LogP contribution is -2.45. The highest BCUT2D eigenvalue weighted by Crippen LogP contribution is 2.12. The van der Waals surface area contributed by atoms with E-state index in [9.17, 15) is 14.0 Å². The van der Waals surface area contributed by atoms with Gasteiger partial charge in [-0.25, -0.2) is 9.18 Å². The molecule has 1 atom stereocenters. The van der Waals surface area contributed by atoms with Crippen LogP contribution in [0.3, 0.4) is 0 Å². The molecular weight excluding hydrogens is 345 g/mol. The van der Waals surface area contributed by atoms with Crippen LogP contribution in [0.2, 0.25) is 0 Å². The summed E-state index contributed by atoms with van der Waals surface area (Å²) in [6.45, 7) is 3.83. The number of rotatable bonds is 8. The molecule has 25 heavy (non-hydrogen) atoms. The summed E-state index contributed by atoms with van der Waals surface area (Å²) in [6, 6.07) is 8.30. The fourth-order valence-corrected chi connectivity index (χ4v) is 2.67. The zero-order valence-corrected chi connectivity index (χ0v) is 14.8. The summed E-state index contributed by atoms with van der Waals surface area (Å²) in [6.07, 6.45) is 0. The van der Waals surface area contributed by atoms with E-state index in [4.69, 9.17) is 9.47 Å². The first kappa shape index (κ1) is 18.9. The van der Waals surface area contributed by atoms with Crippen molar-refractivity contribution >= 4 is 23.2 Å². The number of hydrogen-bond acceptors (Lipinski definition) is 5. The van der Waals surface area contributed by atoms with Gasteiger partial charge in [0.05, 0.1) is 4.88 Å². The quantitative estimate of drug-likeness (QED) is 0.576. The topological polar surface area (TPSA) is 64.6 Å². The largest absolute Gasteiger partial charge is 0.490 e. The number of ether oxygens (including phenoxy) is 2. The Labute approximate surface area is 149 Å². The third kappa shape index (κ3) is 5.86. The molecule has 1 aromatic carbocycles. The van der Waals surface area contributed by atoms with Crippen molar-refractivity contribution in [3.8, 4) is 5.75 Å². The predicted molar refractivity (Wildman–Crippen MR) is 93.3 cm³/mol. The first-order valence-electron chi connectivity index (χ1n) is 7.86. The second-order valence-electron chi connectivity index (χ2n) is 5.64. The third-order valence-corrected chi connectivity index (χ3v) is 4.23. The Hall–Kier alpha value is -2.41. The highest BCUT2D eigenvalue weighted by Gasteiger charge is 2.26. The molecule has 1 aromatic heterocycles. The Morgan fingerprint density at radius 1 is 1.16 bits per heavy atom. The molecule has 0 bridgehead atoms. The maximum atomic E-state index is 12.8. The van der Waals surface area contributed by atoms with Gasteiger partial charge in [0.2, 0.25) is 0 Å². The van der Waals surface area contributed by atoms with Crippen LogP contribution in [-0.2, 0) is 9.53 Å². The smallest absolute Gasteiger partial charge is 0.329 e. The molecule has 0 unspecified atom stereocenters.